The van der Waals surface area contributed by atoms with Crippen LogP contribution in [0.4, 0.5) is 11.4 Å². The average molecular weight is 393 g/mol. The molecular formula is C22H24N4OS. The Balaban J connectivity index is 1.41. The third-order valence-corrected chi connectivity index (χ3v) is 6.03. The van der Waals surface area contributed by atoms with E-state index in [-0.39, 0.29) is 5.91 Å². The van der Waals surface area contributed by atoms with Crippen LogP contribution in [-0.2, 0) is 4.79 Å². The standard InChI is InChI=1S/C22H24N4OS/c1-16-15-17(26-13-11-25(2)12-14-26)7-8-18(16)23-21(27)9-10-22-24-19-5-3-4-6-20(19)28-22/h3-10,15H,11-14H2,1-2H3,(H,23,27)/b10-9+. The lowest BCUT2D eigenvalue weighted by molar-refractivity contribution is -0.111. The molecule has 1 saturated heterocycles. The van der Waals surface area contributed by atoms with Gasteiger partial charge in [-0.1, -0.05) is 12.1 Å². The van der Waals surface area contributed by atoms with E-state index in [1.54, 1.807) is 23.5 Å². The SMILES string of the molecule is Cc1cc(N2CCN(C)CC2)ccc1NC(=O)/C=C/c1nc2ccccc2s1. The first-order valence-corrected chi connectivity index (χ1v) is 10.3. The molecule has 1 aliphatic rings. The fourth-order valence-electron chi connectivity index (χ4n) is 3.33. The zero-order chi connectivity index (χ0) is 19.5. The topological polar surface area (TPSA) is 48.5 Å². The third-order valence-electron chi connectivity index (χ3n) is 5.02. The number of carbonyl (C=O) groups is 1. The number of benzene rings is 2. The van der Waals surface area contributed by atoms with Crippen molar-refractivity contribution in [3.63, 3.8) is 0 Å². The Kier molecular flexibility index (Phi) is 5.41. The van der Waals surface area contributed by atoms with Gasteiger partial charge in [0.15, 0.2) is 0 Å². The van der Waals surface area contributed by atoms with Gasteiger partial charge in [0.25, 0.3) is 0 Å². The molecular weight excluding hydrogens is 368 g/mol. The number of amides is 1. The number of para-hydroxylation sites is 1. The second kappa shape index (κ2) is 8.12. The molecule has 4 rings (SSSR count). The molecule has 0 unspecified atom stereocenters. The summed E-state index contributed by atoms with van der Waals surface area (Å²) in [6.07, 6.45) is 3.32. The lowest BCUT2D eigenvalue weighted by Crippen LogP contribution is -2.44. The molecule has 6 heteroatoms. The largest absolute Gasteiger partial charge is 0.369 e. The van der Waals surface area contributed by atoms with E-state index in [1.807, 2.05) is 37.3 Å². The van der Waals surface area contributed by atoms with Gasteiger partial charge in [-0.15, -0.1) is 11.3 Å². The maximum absolute atomic E-state index is 12.3. The number of rotatable bonds is 4. The Hall–Kier alpha value is -2.70. The van der Waals surface area contributed by atoms with E-state index in [2.05, 4.69) is 39.3 Å². The van der Waals surface area contributed by atoms with Gasteiger partial charge in [-0.3, -0.25) is 4.79 Å². The summed E-state index contributed by atoms with van der Waals surface area (Å²) >= 11 is 1.58. The number of piperazine rings is 1. The van der Waals surface area contributed by atoms with E-state index in [0.717, 1.165) is 52.7 Å². The van der Waals surface area contributed by atoms with Crippen LogP contribution in [0, 0.1) is 6.92 Å². The van der Waals surface area contributed by atoms with Crippen LogP contribution in [0.3, 0.4) is 0 Å². The molecule has 1 amide bonds. The third kappa shape index (κ3) is 4.24. The van der Waals surface area contributed by atoms with E-state index < -0.39 is 0 Å². The lowest BCUT2D eigenvalue weighted by Gasteiger charge is -2.34. The fraction of sp³-hybridized carbons (Fsp3) is 0.273. The highest BCUT2D eigenvalue weighted by atomic mass is 32.1. The van der Waals surface area contributed by atoms with Crippen LogP contribution in [0.15, 0.2) is 48.5 Å². The van der Waals surface area contributed by atoms with Crippen LogP contribution >= 0.6 is 11.3 Å². The number of thiazole rings is 1. The van der Waals surface area contributed by atoms with E-state index in [1.165, 1.54) is 5.69 Å². The number of nitrogens with one attached hydrogen (secondary N) is 1. The maximum Gasteiger partial charge on any atom is 0.248 e. The van der Waals surface area contributed by atoms with E-state index in [4.69, 9.17) is 0 Å². The van der Waals surface area contributed by atoms with Gasteiger partial charge in [0.05, 0.1) is 10.2 Å². The minimum atomic E-state index is -0.144. The molecule has 0 spiro atoms. The highest BCUT2D eigenvalue weighted by molar-refractivity contribution is 7.19. The van der Waals surface area contributed by atoms with Crippen molar-refractivity contribution >= 4 is 44.9 Å². The minimum absolute atomic E-state index is 0.144. The van der Waals surface area contributed by atoms with Gasteiger partial charge in [-0.2, -0.15) is 0 Å². The number of carbonyl (C=O) groups excluding carboxylic acids is 1. The van der Waals surface area contributed by atoms with Gasteiger partial charge in [0.2, 0.25) is 5.91 Å². The van der Waals surface area contributed by atoms with Crippen molar-refractivity contribution in [2.75, 3.05) is 43.4 Å². The number of likely N-dealkylation sites (N-methyl/N-ethyl adjacent to an activating group) is 1. The number of aromatic nitrogens is 1. The zero-order valence-electron chi connectivity index (χ0n) is 16.2. The first-order valence-electron chi connectivity index (χ1n) is 9.47. The van der Waals surface area contributed by atoms with E-state index in [0.29, 0.717) is 0 Å². The average Bonchev–Trinajstić information content (AvgIpc) is 3.12. The number of nitrogens with zero attached hydrogens (tertiary/aromatic N) is 3. The van der Waals surface area contributed by atoms with Crippen LogP contribution in [0.1, 0.15) is 10.6 Å². The predicted octanol–water partition coefficient (Wildman–Crippen LogP) is 4.01. The first kappa shape index (κ1) is 18.7. The van der Waals surface area contributed by atoms with Crippen molar-refractivity contribution in [1.29, 1.82) is 0 Å². The molecule has 28 heavy (non-hydrogen) atoms. The van der Waals surface area contributed by atoms with Gasteiger partial charge in [0.1, 0.15) is 5.01 Å². The van der Waals surface area contributed by atoms with E-state index in [9.17, 15) is 4.79 Å². The molecule has 1 fully saturated rings. The molecule has 0 bridgehead atoms. The smallest absolute Gasteiger partial charge is 0.248 e. The minimum Gasteiger partial charge on any atom is -0.369 e. The second-order valence-electron chi connectivity index (χ2n) is 7.13. The quantitative estimate of drug-likeness (QED) is 0.682. The molecule has 0 aliphatic carbocycles. The molecule has 3 aromatic rings. The summed E-state index contributed by atoms with van der Waals surface area (Å²) in [5.74, 6) is -0.144. The zero-order valence-corrected chi connectivity index (χ0v) is 17.0. The molecule has 5 nitrogen and oxygen atoms in total. The number of hydrogen-bond donors (Lipinski definition) is 1. The highest BCUT2D eigenvalue weighted by Gasteiger charge is 2.15. The second-order valence-corrected chi connectivity index (χ2v) is 8.19. The molecule has 0 atom stereocenters. The van der Waals surface area contributed by atoms with Crippen LogP contribution in [0.5, 0.6) is 0 Å². The number of fused-ring (bicyclic) bond motifs is 1. The van der Waals surface area contributed by atoms with Gasteiger partial charge < -0.3 is 15.1 Å². The Morgan fingerprint density at radius 3 is 2.68 bits per heavy atom. The summed E-state index contributed by atoms with van der Waals surface area (Å²) < 4.78 is 1.12. The Morgan fingerprint density at radius 1 is 1.14 bits per heavy atom. The van der Waals surface area contributed by atoms with Gasteiger partial charge in [-0.25, -0.2) is 4.98 Å². The van der Waals surface area contributed by atoms with Crippen LogP contribution in [0.2, 0.25) is 0 Å². The van der Waals surface area contributed by atoms with Gasteiger partial charge in [0, 0.05) is 43.6 Å². The number of aryl methyl sites for hydroxylation is 1. The predicted molar refractivity (Wildman–Crippen MR) is 118 cm³/mol. The Morgan fingerprint density at radius 2 is 1.93 bits per heavy atom. The normalized spacial score (nSPS) is 15.4. The first-order chi connectivity index (χ1) is 13.6. The molecule has 2 heterocycles. The number of hydrogen-bond acceptors (Lipinski definition) is 5. The molecule has 0 radical (unpaired) electrons. The summed E-state index contributed by atoms with van der Waals surface area (Å²) in [6, 6.07) is 14.2. The maximum atomic E-state index is 12.3. The van der Waals surface area contributed by atoms with Crippen molar-refractivity contribution in [2.24, 2.45) is 0 Å². The fourth-order valence-corrected chi connectivity index (χ4v) is 4.20. The summed E-state index contributed by atoms with van der Waals surface area (Å²) in [5, 5.41) is 3.81. The number of anilines is 2. The van der Waals surface area contributed by atoms with Crippen molar-refractivity contribution in [2.45, 2.75) is 6.92 Å². The van der Waals surface area contributed by atoms with Gasteiger partial charge >= 0.3 is 0 Å². The Bertz CT molecular complexity index is 985. The summed E-state index contributed by atoms with van der Waals surface area (Å²) in [6.45, 7) is 6.26. The van der Waals surface area contributed by atoms with Crippen LogP contribution < -0.4 is 10.2 Å². The van der Waals surface area contributed by atoms with Crippen LogP contribution in [-0.4, -0.2) is 49.0 Å². The molecule has 1 aromatic heterocycles. The summed E-state index contributed by atoms with van der Waals surface area (Å²) in [5.41, 5.74) is 4.09. The highest BCUT2D eigenvalue weighted by Crippen LogP contribution is 2.24. The molecule has 1 N–H and O–H groups in total. The summed E-state index contributed by atoms with van der Waals surface area (Å²) in [4.78, 5) is 21.6. The summed E-state index contributed by atoms with van der Waals surface area (Å²) in [7, 11) is 2.16. The van der Waals surface area contributed by atoms with Crippen molar-refractivity contribution < 1.29 is 4.79 Å². The molecule has 1 aliphatic heterocycles. The van der Waals surface area contributed by atoms with Crippen molar-refractivity contribution in [3.8, 4) is 0 Å². The van der Waals surface area contributed by atoms with E-state index >= 15 is 0 Å². The molecule has 144 valence electrons. The lowest BCUT2D eigenvalue weighted by atomic mass is 10.1. The molecule has 0 saturated carbocycles. The van der Waals surface area contributed by atoms with Gasteiger partial charge in [-0.05, 0) is 55.9 Å². The van der Waals surface area contributed by atoms with Crippen molar-refractivity contribution in [3.05, 3.63) is 59.1 Å². The van der Waals surface area contributed by atoms with Crippen LogP contribution in [0.25, 0.3) is 16.3 Å². The molecule has 2 aromatic carbocycles. The Labute approximate surface area is 169 Å². The van der Waals surface area contributed by atoms with Crippen molar-refractivity contribution in [1.82, 2.24) is 9.88 Å². The monoisotopic (exact) mass is 392 g/mol.